The minimum atomic E-state index is -1.31. The van der Waals surface area contributed by atoms with Crippen molar-refractivity contribution in [3.05, 3.63) is 28.8 Å². The summed E-state index contributed by atoms with van der Waals surface area (Å²) in [6.45, 7) is 0. The van der Waals surface area contributed by atoms with E-state index in [1.807, 2.05) is 0 Å². The highest BCUT2D eigenvalue weighted by molar-refractivity contribution is 8.00. The molecule has 27 heavy (non-hydrogen) atoms. The van der Waals surface area contributed by atoms with Crippen molar-refractivity contribution in [3.8, 4) is 0 Å². The molecule has 3 rings (SSSR count). The van der Waals surface area contributed by atoms with Gasteiger partial charge in [0.2, 0.25) is 5.71 Å². The number of nitrogen functional groups attached to an aromatic ring is 1. The van der Waals surface area contributed by atoms with Gasteiger partial charge >= 0.3 is 5.97 Å². The van der Waals surface area contributed by atoms with Crippen LogP contribution in [0, 0.1) is 0 Å². The molecule has 4 N–H and O–H groups in total. The Hall–Kier alpha value is -2.86. The Morgan fingerprint density at radius 3 is 2.93 bits per heavy atom. The number of amides is 2. The van der Waals surface area contributed by atoms with E-state index in [1.165, 1.54) is 31.1 Å². The zero-order valence-corrected chi connectivity index (χ0v) is 15.3. The van der Waals surface area contributed by atoms with Gasteiger partial charge in [-0.2, -0.15) is 0 Å². The highest BCUT2D eigenvalue weighted by Crippen LogP contribution is 2.41. The van der Waals surface area contributed by atoms with E-state index in [-0.39, 0.29) is 33.8 Å². The fourth-order valence-electron chi connectivity index (χ4n) is 2.55. The van der Waals surface area contributed by atoms with Gasteiger partial charge in [-0.15, -0.1) is 11.8 Å². The zero-order chi connectivity index (χ0) is 19.7. The van der Waals surface area contributed by atoms with Crippen LogP contribution < -0.4 is 11.1 Å². The largest absolute Gasteiger partial charge is 0.477 e. The first-order valence-corrected chi connectivity index (χ1v) is 8.85. The van der Waals surface area contributed by atoms with Gasteiger partial charge < -0.3 is 21.0 Å². The molecule has 0 bridgehead atoms. The maximum Gasteiger partial charge on any atom is 0.353 e. The average Bonchev–Trinajstić information content (AvgIpc) is 2.63. The third-order valence-electron chi connectivity index (χ3n) is 3.70. The van der Waals surface area contributed by atoms with Crippen LogP contribution in [0.1, 0.15) is 5.82 Å². The molecule has 142 valence electrons. The van der Waals surface area contributed by atoms with E-state index < -0.39 is 29.2 Å². The van der Waals surface area contributed by atoms with E-state index in [0.29, 0.717) is 0 Å². The number of thioether (sulfide) groups is 1. The van der Waals surface area contributed by atoms with Crippen molar-refractivity contribution in [2.45, 2.75) is 11.4 Å². The summed E-state index contributed by atoms with van der Waals surface area (Å²) in [4.78, 5) is 49.8. The third-order valence-corrected chi connectivity index (χ3v) is 5.45. The molecule has 13 heteroatoms. The SMILES string of the molecule is CON=C(C(=O)NC1C(=O)N2C(C(=O)O)=C(Cl)CS[C@H]12)c1nccc(N)n1. The second kappa shape index (κ2) is 7.40. The van der Waals surface area contributed by atoms with Gasteiger partial charge in [0.25, 0.3) is 11.8 Å². The lowest BCUT2D eigenvalue weighted by atomic mass is 10.0. The number of halogens is 1. The van der Waals surface area contributed by atoms with E-state index in [1.54, 1.807) is 0 Å². The van der Waals surface area contributed by atoms with Crippen LogP contribution in [0.25, 0.3) is 0 Å². The van der Waals surface area contributed by atoms with Crippen molar-refractivity contribution in [1.29, 1.82) is 0 Å². The molecule has 2 aliphatic heterocycles. The van der Waals surface area contributed by atoms with Crippen LogP contribution in [0.2, 0.25) is 0 Å². The van der Waals surface area contributed by atoms with Crippen molar-refractivity contribution in [1.82, 2.24) is 20.2 Å². The Kier molecular flexibility index (Phi) is 5.19. The van der Waals surface area contributed by atoms with E-state index in [0.717, 1.165) is 4.90 Å². The number of nitrogens with two attached hydrogens (primary N) is 1. The highest BCUT2D eigenvalue weighted by atomic mass is 35.5. The minimum absolute atomic E-state index is 0.0664. The minimum Gasteiger partial charge on any atom is -0.477 e. The first-order chi connectivity index (χ1) is 12.8. The first kappa shape index (κ1) is 18.9. The molecular formula is C14H13ClN6O5S. The standard InChI is InChI=1S/C14H13ClN6O5S/c1-26-20-7(10-17-3-2-6(16)18-10)11(22)19-8-12(23)21-9(14(24)25)5(15)4-27-13(8)21/h2-3,8,13H,4H2,1H3,(H,19,22)(H,24,25)(H2,16,17,18)/t8?,13-/m1/s1. The summed E-state index contributed by atoms with van der Waals surface area (Å²) < 4.78 is 0. The number of carbonyl (C=O) groups is 3. The maximum absolute atomic E-state index is 12.6. The lowest BCUT2D eigenvalue weighted by Gasteiger charge is -2.48. The number of carboxylic acid groups (broad SMARTS) is 1. The van der Waals surface area contributed by atoms with Crippen molar-refractivity contribution < 1.29 is 24.3 Å². The van der Waals surface area contributed by atoms with Gasteiger partial charge in [-0.05, 0) is 6.07 Å². The Morgan fingerprint density at radius 1 is 1.56 bits per heavy atom. The van der Waals surface area contributed by atoms with Crippen molar-refractivity contribution in [3.63, 3.8) is 0 Å². The van der Waals surface area contributed by atoms with Gasteiger partial charge in [-0.25, -0.2) is 14.8 Å². The van der Waals surface area contributed by atoms with Crippen LogP contribution in [0.15, 0.2) is 28.1 Å². The van der Waals surface area contributed by atoms with Gasteiger partial charge in [-0.3, -0.25) is 14.5 Å². The van der Waals surface area contributed by atoms with E-state index in [2.05, 4.69) is 25.3 Å². The van der Waals surface area contributed by atoms with E-state index >= 15 is 0 Å². The number of nitrogens with one attached hydrogen (secondary N) is 1. The number of carbonyl (C=O) groups excluding carboxylic acids is 2. The van der Waals surface area contributed by atoms with Gasteiger partial charge in [-0.1, -0.05) is 16.8 Å². The summed E-state index contributed by atoms with van der Waals surface area (Å²) in [7, 11) is 1.23. The van der Waals surface area contributed by atoms with Crippen molar-refractivity contribution in [2.75, 3.05) is 18.6 Å². The molecule has 0 spiro atoms. The molecular weight excluding hydrogens is 400 g/mol. The Balaban J connectivity index is 1.80. The van der Waals surface area contributed by atoms with Crippen LogP contribution in [0.3, 0.4) is 0 Å². The number of anilines is 1. The molecule has 2 amide bonds. The lowest BCUT2D eigenvalue weighted by molar-refractivity contribution is -0.150. The fourth-order valence-corrected chi connectivity index (χ4v) is 4.10. The molecule has 0 aliphatic carbocycles. The molecule has 0 aromatic carbocycles. The van der Waals surface area contributed by atoms with Gasteiger partial charge in [0.1, 0.15) is 30.0 Å². The Labute approximate surface area is 161 Å². The average molecular weight is 413 g/mol. The number of rotatable bonds is 5. The van der Waals surface area contributed by atoms with Gasteiger partial charge in [0.15, 0.2) is 5.82 Å². The van der Waals surface area contributed by atoms with Crippen molar-refractivity contribution >= 4 is 52.7 Å². The van der Waals surface area contributed by atoms with Gasteiger partial charge in [0, 0.05) is 11.9 Å². The summed E-state index contributed by atoms with van der Waals surface area (Å²) in [6, 6.07) is 0.478. The Bertz CT molecular complexity index is 891. The topological polar surface area (TPSA) is 160 Å². The van der Waals surface area contributed by atoms with E-state index in [9.17, 15) is 19.5 Å². The second-order valence-corrected chi connectivity index (χ2v) is 6.91. The van der Waals surface area contributed by atoms with Crippen LogP contribution in [0.5, 0.6) is 0 Å². The normalized spacial score (nSPS) is 22.1. The maximum atomic E-state index is 12.6. The Morgan fingerprint density at radius 2 is 2.30 bits per heavy atom. The molecule has 1 aromatic rings. The first-order valence-electron chi connectivity index (χ1n) is 7.42. The number of fused-ring (bicyclic) bond motifs is 1. The number of carboxylic acids is 1. The fraction of sp³-hybridized carbons (Fsp3) is 0.286. The van der Waals surface area contributed by atoms with Gasteiger partial charge in [0.05, 0.1) is 5.03 Å². The number of oxime groups is 1. The summed E-state index contributed by atoms with van der Waals surface area (Å²) in [5.41, 5.74) is 5.03. The molecule has 2 atom stereocenters. The summed E-state index contributed by atoms with van der Waals surface area (Å²) in [5, 5.41) is 14.8. The number of aromatic nitrogens is 2. The lowest BCUT2D eigenvalue weighted by Crippen LogP contribution is -2.71. The zero-order valence-electron chi connectivity index (χ0n) is 13.7. The van der Waals surface area contributed by atoms with Crippen LogP contribution in [-0.4, -0.2) is 67.7 Å². The molecule has 0 saturated carbocycles. The number of aliphatic carboxylic acids is 1. The number of hydrogen-bond donors (Lipinski definition) is 3. The van der Waals surface area contributed by atoms with Crippen LogP contribution in [0.4, 0.5) is 5.82 Å². The molecule has 1 fully saturated rings. The molecule has 0 radical (unpaired) electrons. The molecule has 11 nitrogen and oxygen atoms in total. The monoisotopic (exact) mass is 412 g/mol. The summed E-state index contributed by atoms with van der Waals surface area (Å²) in [5.74, 6) is -2.42. The van der Waals surface area contributed by atoms with Crippen molar-refractivity contribution in [2.24, 2.45) is 5.16 Å². The quantitative estimate of drug-likeness (QED) is 0.324. The second-order valence-electron chi connectivity index (χ2n) is 5.35. The number of hydrogen-bond acceptors (Lipinski definition) is 9. The predicted octanol–water partition coefficient (Wildman–Crippen LogP) is -0.656. The highest BCUT2D eigenvalue weighted by Gasteiger charge is 2.54. The predicted molar refractivity (Wildman–Crippen MR) is 95.5 cm³/mol. The molecule has 1 aromatic heterocycles. The summed E-state index contributed by atoms with van der Waals surface area (Å²) in [6.07, 6.45) is 1.34. The molecule has 2 aliphatic rings. The number of nitrogens with zero attached hydrogens (tertiary/aromatic N) is 4. The molecule has 1 saturated heterocycles. The van der Waals surface area contributed by atoms with Crippen LogP contribution >= 0.6 is 23.4 Å². The smallest absolute Gasteiger partial charge is 0.353 e. The van der Waals surface area contributed by atoms with E-state index in [4.69, 9.17) is 17.3 Å². The third kappa shape index (κ3) is 3.40. The summed E-state index contributed by atoms with van der Waals surface area (Å²) >= 11 is 7.14. The van der Waals surface area contributed by atoms with Crippen LogP contribution in [-0.2, 0) is 19.2 Å². The number of β-lactam (4-membered cyclic amide) rings is 1. The molecule has 1 unspecified atom stereocenters. The molecule has 3 heterocycles.